The van der Waals surface area contributed by atoms with Gasteiger partial charge in [0.15, 0.2) is 0 Å². The number of amides is 6. The van der Waals surface area contributed by atoms with Crippen molar-refractivity contribution in [3.63, 3.8) is 0 Å². The van der Waals surface area contributed by atoms with Crippen LogP contribution in [-0.4, -0.2) is 67.2 Å². The van der Waals surface area contributed by atoms with Crippen molar-refractivity contribution in [2.45, 2.75) is 96.1 Å². The number of halogens is 1. The minimum absolute atomic E-state index is 0.0511. The van der Waals surface area contributed by atoms with Gasteiger partial charge in [0.05, 0.1) is 18.9 Å². The second-order valence-electron chi connectivity index (χ2n) is 15.5. The van der Waals surface area contributed by atoms with E-state index in [1.165, 1.54) is 0 Å². The molecule has 0 aromatic heterocycles. The van der Waals surface area contributed by atoms with Crippen LogP contribution in [0.2, 0.25) is 5.02 Å². The SMILES string of the molecule is CC1NC(=O)CC2(CCCC2)CC(=O)NCCCCCNC(=O)CNC(=O)C1Cc1ccc(NC(=O)C(Cc2ccccc2Cl)NC(=O)Cc2ccccc2)cc1. The van der Waals surface area contributed by atoms with Crippen LogP contribution in [0.25, 0.3) is 0 Å². The van der Waals surface area contributed by atoms with Gasteiger partial charge in [0.2, 0.25) is 35.4 Å². The van der Waals surface area contributed by atoms with Crippen molar-refractivity contribution in [3.8, 4) is 0 Å². The normalized spacial score (nSPS) is 20.4. The number of rotatable bonds is 9. The van der Waals surface area contributed by atoms with Crippen LogP contribution in [0.1, 0.15) is 81.4 Å². The van der Waals surface area contributed by atoms with Gasteiger partial charge in [-0.25, -0.2) is 0 Å². The van der Waals surface area contributed by atoms with E-state index >= 15 is 0 Å². The van der Waals surface area contributed by atoms with Crippen LogP contribution < -0.4 is 31.9 Å². The second kappa shape index (κ2) is 21.3. The van der Waals surface area contributed by atoms with E-state index in [-0.39, 0.29) is 61.8 Å². The lowest BCUT2D eigenvalue weighted by atomic mass is 9.78. The van der Waals surface area contributed by atoms with Crippen molar-refractivity contribution in [1.29, 1.82) is 0 Å². The molecule has 3 unspecified atom stereocenters. The van der Waals surface area contributed by atoms with Crippen LogP contribution in [0.15, 0.2) is 78.9 Å². The summed E-state index contributed by atoms with van der Waals surface area (Å²) in [6.45, 7) is 2.59. The second-order valence-corrected chi connectivity index (χ2v) is 15.9. The van der Waals surface area contributed by atoms with E-state index in [4.69, 9.17) is 11.6 Å². The summed E-state index contributed by atoms with van der Waals surface area (Å²) in [5, 5.41) is 17.9. The third-order valence-electron chi connectivity index (χ3n) is 10.9. The van der Waals surface area contributed by atoms with Gasteiger partial charge in [0.1, 0.15) is 6.04 Å². The largest absolute Gasteiger partial charge is 0.356 e. The van der Waals surface area contributed by atoms with Crippen LogP contribution in [0, 0.1) is 11.3 Å². The molecule has 1 aliphatic heterocycles. The zero-order valence-corrected chi connectivity index (χ0v) is 33.4. The minimum Gasteiger partial charge on any atom is -0.356 e. The van der Waals surface area contributed by atoms with Gasteiger partial charge in [0.25, 0.3) is 0 Å². The molecule has 304 valence electrons. The predicted octanol–water partition coefficient (Wildman–Crippen LogP) is 4.79. The number of hydrogen-bond donors (Lipinski definition) is 6. The maximum absolute atomic E-state index is 13.7. The standard InChI is InChI=1S/C44H55ClN6O6/c1-30-35(42(56)48-29-41(55)47-23-11-3-10-22-46-39(53)27-44(20-8-9-21-44)28-40(54)49-30)24-32-16-18-34(19-17-32)50-43(57)37(26-33-14-6-7-15-36(33)45)51-38(52)25-31-12-4-2-5-13-31/h2,4-7,12-19,30,35,37H,3,8-11,20-29H2,1H3,(H,46,53)(H,47,55)(H,48,56)(H,49,54)(H,50,57)(H,51,52). The van der Waals surface area contributed by atoms with Crippen molar-refractivity contribution >= 4 is 52.7 Å². The lowest BCUT2D eigenvalue weighted by Crippen LogP contribution is -2.49. The lowest BCUT2D eigenvalue weighted by Gasteiger charge is -2.30. The average molecular weight is 799 g/mol. The van der Waals surface area contributed by atoms with Crippen LogP contribution in [-0.2, 0) is 48.0 Å². The summed E-state index contributed by atoms with van der Waals surface area (Å²) < 4.78 is 0. The number of hydrogen-bond acceptors (Lipinski definition) is 6. The molecule has 57 heavy (non-hydrogen) atoms. The molecule has 1 saturated heterocycles. The Labute approximate surface area is 340 Å². The van der Waals surface area contributed by atoms with Crippen LogP contribution in [0.3, 0.4) is 0 Å². The molecule has 1 aliphatic carbocycles. The van der Waals surface area contributed by atoms with E-state index in [2.05, 4.69) is 31.9 Å². The van der Waals surface area contributed by atoms with Crippen LogP contribution >= 0.6 is 11.6 Å². The van der Waals surface area contributed by atoms with E-state index in [9.17, 15) is 28.8 Å². The van der Waals surface area contributed by atoms with E-state index in [1.807, 2.05) is 42.5 Å². The molecule has 0 bridgehead atoms. The zero-order chi connectivity index (χ0) is 40.6. The highest BCUT2D eigenvalue weighted by molar-refractivity contribution is 6.31. The van der Waals surface area contributed by atoms with Crippen molar-refractivity contribution in [1.82, 2.24) is 26.6 Å². The molecule has 12 nitrogen and oxygen atoms in total. The molecule has 3 aromatic rings. The molecule has 3 aromatic carbocycles. The summed E-state index contributed by atoms with van der Waals surface area (Å²) in [4.78, 5) is 79.4. The van der Waals surface area contributed by atoms with Gasteiger partial charge in [-0.1, -0.05) is 85.1 Å². The van der Waals surface area contributed by atoms with E-state index < -0.39 is 29.3 Å². The Morgan fingerprint density at radius 1 is 0.754 bits per heavy atom. The molecule has 5 rings (SSSR count). The maximum atomic E-state index is 13.7. The maximum Gasteiger partial charge on any atom is 0.247 e. The first-order valence-corrected chi connectivity index (χ1v) is 20.4. The minimum atomic E-state index is -0.916. The lowest BCUT2D eigenvalue weighted by molar-refractivity contribution is -0.130. The Hall–Kier alpha value is -5.23. The van der Waals surface area contributed by atoms with Gasteiger partial charge in [-0.15, -0.1) is 0 Å². The first-order chi connectivity index (χ1) is 27.5. The zero-order valence-electron chi connectivity index (χ0n) is 32.7. The quantitative estimate of drug-likeness (QED) is 0.182. The third-order valence-corrected chi connectivity index (χ3v) is 11.3. The van der Waals surface area contributed by atoms with Gasteiger partial charge >= 0.3 is 0 Å². The molecule has 1 heterocycles. The number of benzene rings is 3. The predicted molar refractivity (Wildman–Crippen MR) is 220 cm³/mol. The summed E-state index contributed by atoms with van der Waals surface area (Å²) in [5.41, 5.74) is 2.37. The number of carbonyl (C=O) groups is 6. The van der Waals surface area contributed by atoms with Crippen LogP contribution in [0.4, 0.5) is 5.69 Å². The first kappa shape index (κ1) is 42.9. The molecular formula is C44H55ClN6O6. The summed E-state index contributed by atoms with van der Waals surface area (Å²) in [6, 6.07) is 22.0. The Balaban J connectivity index is 1.28. The summed E-state index contributed by atoms with van der Waals surface area (Å²) in [6.07, 6.45) is 6.89. The molecule has 6 amide bonds. The molecule has 1 spiro atoms. The van der Waals surface area contributed by atoms with E-state index in [1.54, 1.807) is 43.3 Å². The molecule has 0 radical (unpaired) electrons. The third kappa shape index (κ3) is 13.7. The van der Waals surface area contributed by atoms with Gasteiger partial charge < -0.3 is 31.9 Å². The van der Waals surface area contributed by atoms with Crippen molar-refractivity contribution < 1.29 is 28.8 Å². The Kier molecular flexibility index (Phi) is 16.1. The molecule has 6 N–H and O–H groups in total. The highest BCUT2D eigenvalue weighted by Gasteiger charge is 2.39. The van der Waals surface area contributed by atoms with Crippen molar-refractivity contribution in [2.24, 2.45) is 11.3 Å². The van der Waals surface area contributed by atoms with Crippen LogP contribution in [0.5, 0.6) is 0 Å². The number of anilines is 1. The molecular weight excluding hydrogens is 744 g/mol. The summed E-state index contributed by atoms with van der Waals surface area (Å²) in [5.74, 6) is -2.41. The molecule has 1 saturated carbocycles. The summed E-state index contributed by atoms with van der Waals surface area (Å²) >= 11 is 6.43. The molecule has 3 atom stereocenters. The van der Waals surface area contributed by atoms with Crippen molar-refractivity contribution in [3.05, 3.63) is 101 Å². The number of nitrogens with one attached hydrogen (secondary N) is 6. The van der Waals surface area contributed by atoms with Gasteiger partial charge in [0, 0.05) is 49.1 Å². The van der Waals surface area contributed by atoms with Crippen molar-refractivity contribution in [2.75, 3.05) is 25.0 Å². The number of carbonyl (C=O) groups excluding carboxylic acids is 6. The molecule has 13 heteroatoms. The average Bonchev–Trinajstić information content (AvgIpc) is 3.63. The van der Waals surface area contributed by atoms with Gasteiger partial charge in [-0.2, -0.15) is 0 Å². The van der Waals surface area contributed by atoms with E-state index in [0.717, 1.165) is 56.1 Å². The molecule has 2 aliphatic rings. The fourth-order valence-electron chi connectivity index (χ4n) is 7.76. The monoisotopic (exact) mass is 798 g/mol. The smallest absolute Gasteiger partial charge is 0.247 e. The highest BCUT2D eigenvalue weighted by atomic mass is 35.5. The highest BCUT2D eigenvalue weighted by Crippen LogP contribution is 2.44. The topological polar surface area (TPSA) is 175 Å². The Bertz CT molecular complexity index is 1850. The van der Waals surface area contributed by atoms with Gasteiger partial charge in [-0.05, 0) is 85.8 Å². The Morgan fingerprint density at radius 3 is 2.11 bits per heavy atom. The fourth-order valence-corrected chi connectivity index (χ4v) is 7.97. The van der Waals surface area contributed by atoms with E-state index in [0.29, 0.717) is 35.8 Å². The summed E-state index contributed by atoms with van der Waals surface area (Å²) in [7, 11) is 0. The fraction of sp³-hybridized carbons (Fsp3) is 0.455. The Morgan fingerprint density at radius 2 is 1.40 bits per heavy atom. The molecule has 2 fully saturated rings. The van der Waals surface area contributed by atoms with Gasteiger partial charge in [-0.3, -0.25) is 28.8 Å². The first-order valence-electron chi connectivity index (χ1n) is 20.1.